The molecule has 0 radical (unpaired) electrons. The summed E-state index contributed by atoms with van der Waals surface area (Å²) in [6, 6.07) is 2.72. The van der Waals surface area contributed by atoms with Crippen molar-refractivity contribution < 1.29 is 12.8 Å². The van der Waals surface area contributed by atoms with Gasteiger partial charge in [0.15, 0.2) is 0 Å². The van der Waals surface area contributed by atoms with Gasteiger partial charge in [0.05, 0.1) is 0 Å². The minimum Gasteiger partial charge on any atom is -0.310 e. The molecule has 0 fully saturated rings. The van der Waals surface area contributed by atoms with E-state index < -0.39 is 20.7 Å². The largest absolute Gasteiger partial charge is 0.310 e. The van der Waals surface area contributed by atoms with Gasteiger partial charge in [0, 0.05) is 37.3 Å². The lowest BCUT2D eigenvalue weighted by Crippen LogP contribution is -2.25. The molecule has 0 unspecified atom stereocenters. The van der Waals surface area contributed by atoms with E-state index in [1.165, 1.54) is 20.2 Å². The van der Waals surface area contributed by atoms with E-state index in [1.54, 1.807) is 0 Å². The summed E-state index contributed by atoms with van der Waals surface area (Å²) in [5.41, 5.74) is 0.238. The fraction of sp³-hybridized carbons (Fsp3) is 0.500. The van der Waals surface area contributed by atoms with E-state index in [4.69, 9.17) is 11.6 Å². The van der Waals surface area contributed by atoms with Crippen molar-refractivity contribution in [2.24, 2.45) is 0 Å². The van der Waals surface area contributed by atoms with Crippen molar-refractivity contribution in [2.45, 2.75) is 31.3 Å². The van der Waals surface area contributed by atoms with Crippen LogP contribution in [0.2, 0.25) is 5.02 Å². The molecule has 1 rings (SSSR count). The Kier molecular flexibility index (Phi) is 5.32. The van der Waals surface area contributed by atoms with Crippen LogP contribution in [0.15, 0.2) is 17.0 Å². The van der Waals surface area contributed by atoms with Crippen LogP contribution in [-0.4, -0.2) is 32.9 Å². The van der Waals surface area contributed by atoms with Crippen molar-refractivity contribution in [1.82, 2.24) is 9.62 Å². The third kappa shape index (κ3) is 3.89. The van der Waals surface area contributed by atoms with Crippen molar-refractivity contribution in [2.75, 3.05) is 14.1 Å². The van der Waals surface area contributed by atoms with E-state index in [1.807, 2.05) is 13.8 Å². The van der Waals surface area contributed by atoms with E-state index >= 15 is 0 Å². The predicted molar refractivity (Wildman–Crippen MR) is 74.3 cm³/mol. The molecular weight excluding hydrogens is 291 g/mol. The number of halogens is 2. The topological polar surface area (TPSA) is 49.4 Å². The highest BCUT2D eigenvalue weighted by atomic mass is 35.5. The number of rotatable bonds is 5. The second-order valence-corrected chi connectivity index (χ2v) is 7.26. The summed E-state index contributed by atoms with van der Waals surface area (Å²) < 4.78 is 39.2. The zero-order valence-corrected chi connectivity index (χ0v) is 12.9. The third-order valence-corrected chi connectivity index (χ3v) is 4.57. The molecule has 0 heterocycles. The van der Waals surface area contributed by atoms with Gasteiger partial charge >= 0.3 is 0 Å². The quantitative estimate of drug-likeness (QED) is 0.907. The van der Waals surface area contributed by atoms with Crippen molar-refractivity contribution in [3.05, 3.63) is 28.5 Å². The van der Waals surface area contributed by atoms with Gasteiger partial charge < -0.3 is 5.32 Å². The maximum atomic E-state index is 14.3. The Morgan fingerprint density at radius 1 is 1.37 bits per heavy atom. The lowest BCUT2D eigenvalue weighted by Gasteiger charge is -2.15. The van der Waals surface area contributed by atoms with E-state index in [9.17, 15) is 12.8 Å². The predicted octanol–water partition coefficient (Wildman–Crippen LogP) is 2.23. The number of hydrogen-bond acceptors (Lipinski definition) is 3. The van der Waals surface area contributed by atoms with Crippen LogP contribution in [-0.2, 0) is 16.6 Å². The molecule has 0 saturated carbocycles. The molecule has 19 heavy (non-hydrogen) atoms. The van der Waals surface area contributed by atoms with Gasteiger partial charge in [-0.2, -0.15) is 0 Å². The zero-order valence-electron chi connectivity index (χ0n) is 11.4. The van der Waals surface area contributed by atoms with E-state index in [0.29, 0.717) is 0 Å². The van der Waals surface area contributed by atoms with E-state index in [-0.39, 0.29) is 23.2 Å². The Morgan fingerprint density at radius 2 is 1.95 bits per heavy atom. The Morgan fingerprint density at radius 3 is 2.42 bits per heavy atom. The van der Waals surface area contributed by atoms with E-state index in [2.05, 4.69) is 5.32 Å². The molecule has 4 nitrogen and oxygen atoms in total. The second-order valence-electron chi connectivity index (χ2n) is 4.70. The molecule has 0 aliphatic rings. The molecule has 108 valence electrons. The fourth-order valence-electron chi connectivity index (χ4n) is 1.45. The number of sulfonamides is 1. The van der Waals surface area contributed by atoms with Crippen LogP contribution < -0.4 is 5.32 Å². The van der Waals surface area contributed by atoms with Gasteiger partial charge in [-0.3, -0.25) is 0 Å². The number of nitrogens with one attached hydrogen (secondary N) is 1. The minimum absolute atomic E-state index is 0.160. The summed E-state index contributed by atoms with van der Waals surface area (Å²) in [5, 5.41) is 3.23. The van der Waals surface area contributed by atoms with Gasteiger partial charge in [0.2, 0.25) is 10.0 Å². The first kappa shape index (κ1) is 16.4. The number of benzene rings is 1. The SMILES string of the molecule is CC(C)NCc1cc(Cl)cc(S(=O)(=O)N(C)C)c1F. The van der Waals surface area contributed by atoms with Crippen LogP contribution in [0.1, 0.15) is 19.4 Å². The Labute approximate surface area is 118 Å². The molecule has 0 aliphatic carbocycles. The lowest BCUT2D eigenvalue weighted by molar-refractivity contribution is 0.500. The Bertz CT molecular complexity index is 559. The van der Waals surface area contributed by atoms with Gasteiger partial charge in [-0.1, -0.05) is 25.4 Å². The smallest absolute Gasteiger partial charge is 0.245 e. The second kappa shape index (κ2) is 6.17. The summed E-state index contributed by atoms with van der Waals surface area (Å²) >= 11 is 5.87. The average molecular weight is 309 g/mol. The minimum atomic E-state index is -3.85. The zero-order chi connectivity index (χ0) is 14.8. The van der Waals surface area contributed by atoms with Gasteiger partial charge in [-0.05, 0) is 12.1 Å². The summed E-state index contributed by atoms with van der Waals surface area (Å²) in [4.78, 5) is -0.398. The molecule has 0 saturated heterocycles. The normalized spacial score (nSPS) is 12.4. The molecule has 0 bridgehead atoms. The first-order valence-electron chi connectivity index (χ1n) is 5.80. The average Bonchev–Trinajstić information content (AvgIpc) is 2.29. The summed E-state index contributed by atoms with van der Waals surface area (Å²) in [7, 11) is -1.15. The van der Waals surface area contributed by atoms with Crippen LogP contribution in [0.25, 0.3) is 0 Å². The maximum absolute atomic E-state index is 14.3. The fourth-order valence-corrected chi connectivity index (χ4v) is 2.78. The van der Waals surface area contributed by atoms with Crippen molar-refractivity contribution in [3.63, 3.8) is 0 Å². The molecule has 0 amide bonds. The number of nitrogens with zero attached hydrogens (tertiary/aromatic N) is 1. The first-order valence-corrected chi connectivity index (χ1v) is 7.62. The molecule has 1 N–H and O–H groups in total. The van der Waals surface area contributed by atoms with E-state index in [0.717, 1.165) is 10.4 Å². The van der Waals surface area contributed by atoms with Crippen LogP contribution in [0.4, 0.5) is 4.39 Å². The van der Waals surface area contributed by atoms with Crippen molar-refractivity contribution >= 4 is 21.6 Å². The molecule has 1 aromatic carbocycles. The third-order valence-electron chi connectivity index (χ3n) is 2.54. The standard InChI is InChI=1S/C12H18ClFN2O2S/c1-8(2)15-7-9-5-10(13)6-11(12(9)14)19(17,18)16(3)4/h5-6,8,15H,7H2,1-4H3. The molecule has 0 atom stereocenters. The molecule has 1 aromatic rings. The number of hydrogen-bond donors (Lipinski definition) is 1. The van der Waals surface area contributed by atoms with Crippen LogP contribution in [0.5, 0.6) is 0 Å². The van der Waals surface area contributed by atoms with Crippen LogP contribution in [0.3, 0.4) is 0 Å². The Hall–Kier alpha value is -0.690. The molecule has 7 heteroatoms. The summed E-state index contributed by atoms with van der Waals surface area (Å²) in [6.45, 7) is 4.06. The summed E-state index contributed by atoms with van der Waals surface area (Å²) in [6.07, 6.45) is 0. The highest BCUT2D eigenvalue weighted by Gasteiger charge is 2.24. The molecule has 0 aromatic heterocycles. The highest BCUT2D eigenvalue weighted by molar-refractivity contribution is 7.89. The van der Waals surface area contributed by atoms with Gasteiger partial charge in [-0.25, -0.2) is 17.1 Å². The van der Waals surface area contributed by atoms with Gasteiger partial charge in [0.1, 0.15) is 10.7 Å². The molecule has 0 aliphatic heterocycles. The van der Waals surface area contributed by atoms with Gasteiger partial charge in [0.25, 0.3) is 0 Å². The van der Waals surface area contributed by atoms with Gasteiger partial charge in [-0.15, -0.1) is 0 Å². The van der Waals surface area contributed by atoms with Crippen LogP contribution in [0, 0.1) is 5.82 Å². The summed E-state index contributed by atoms with van der Waals surface area (Å²) in [5.74, 6) is -0.758. The Balaban J connectivity index is 3.28. The van der Waals surface area contributed by atoms with Crippen LogP contribution >= 0.6 is 11.6 Å². The lowest BCUT2D eigenvalue weighted by atomic mass is 10.2. The first-order chi connectivity index (χ1) is 8.66. The van der Waals surface area contributed by atoms with Crippen molar-refractivity contribution in [1.29, 1.82) is 0 Å². The highest BCUT2D eigenvalue weighted by Crippen LogP contribution is 2.25. The monoisotopic (exact) mass is 308 g/mol. The molecule has 0 spiro atoms. The molecular formula is C12H18ClFN2O2S. The maximum Gasteiger partial charge on any atom is 0.245 e. The van der Waals surface area contributed by atoms with Crippen molar-refractivity contribution in [3.8, 4) is 0 Å².